The number of rotatable bonds is 4. The lowest BCUT2D eigenvalue weighted by Crippen LogP contribution is -2.50. The molecule has 2 unspecified atom stereocenters. The Morgan fingerprint density at radius 2 is 2.27 bits per heavy atom. The quantitative estimate of drug-likeness (QED) is 0.768. The van der Waals surface area contributed by atoms with Crippen molar-refractivity contribution in [1.29, 1.82) is 0 Å². The lowest BCUT2D eigenvalue weighted by molar-refractivity contribution is -0.135. The zero-order valence-electron chi connectivity index (χ0n) is 10.3. The van der Waals surface area contributed by atoms with Crippen LogP contribution in [0.25, 0.3) is 0 Å². The highest BCUT2D eigenvalue weighted by Crippen LogP contribution is 2.26. The molecule has 1 heterocycles. The van der Waals surface area contributed by atoms with E-state index in [1.54, 1.807) is 0 Å². The number of carbonyl (C=O) groups excluding carboxylic acids is 1. The fourth-order valence-corrected chi connectivity index (χ4v) is 2.55. The molecule has 2 atom stereocenters. The van der Waals surface area contributed by atoms with Gasteiger partial charge in [-0.1, -0.05) is 20.3 Å². The maximum absolute atomic E-state index is 11.9. The van der Waals surface area contributed by atoms with Crippen LogP contribution in [0.1, 0.15) is 39.5 Å². The third-order valence-corrected chi connectivity index (χ3v) is 3.35. The summed E-state index contributed by atoms with van der Waals surface area (Å²) in [5.74, 6) is 0.932. The molecule has 0 bridgehead atoms. The van der Waals surface area contributed by atoms with Crippen molar-refractivity contribution in [2.75, 3.05) is 20.1 Å². The topological polar surface area (TPSA) is 32.3 Å². The van der Waals surface area contributed by atoms with Crippen molar-refractivity contribution in [3.05, 3.63) is 0 Å². The van der Waals surface area contributed by atoms with E-state index < -0.39 is 0 Å². The van der Waals surface area contributed by atoms with Gasteiger partial charge in [-0.05, 0) is 32.2 Å². The third kappa shape index (κ3) is 3.20. The van der Waals surface area contributed by atoms with Crippen LogP contribution in [0.4, 0.5) is 0 Å². The Labute approximate surface area is 93.2 Å². The zero-order valence-corrected chi connectivity index (χ0v) is 10.3. The summed E-state index contributed by atoms with van der Waals surface area (Å²) in [4.78, 5) is 14.0. The molecule has 1 rings (SSSR count). The SMILES string of the molecule is CCCC1C(C)CCCN1C(=O)CNC. The van der Waals surface area contributed by atoms with E-state index in [9.17, 15) is 4.79 Å². The fraction of sp³-hybridized carbons (Fsp3) is 0.917. The van der Waals surface area contributed by atoms with Crippen LogP contribution < -0.4 is 5.32 Å². The molecule has 1 N–H and O–H groups in total. The molecule has 1 saturated heterocycles. The molecule has 1 aliphatic heterocycles. The standard InChI is InChI=1S/C12H24N2O/c1-4-6-11-10(2)7-5-8-14(11)12(15)9-13-3/h10-11,13H,4-9H2,1-3H3. The molecule has 0 radical (unpaired) electrons. The normalized spacial score (nSPS) is 26.7. The van der Waals surface area contributed by atoms with E-state index in [-0.39, 0.29) is 5.91 Å². The van der Waals surface area contributed by atoms with E-state index in [4.69, 9.17) is 0 Å². The number of nitrogens with zero attached hydrogens (tertiary/aromatic N) is 1. The molecule has 1 amide bonds. The Hall–Kier alpha value is -0.570. The number of hydrogen-bond acceptors (Lipinski definition) is 2. The van der Waals surface area contributed by atoms with Gasteiger partial charge < -0.3 is 10.2 Å². The van der Waals surface area contributed by atoms with Gasteiger partial charge in [0.15, 0.2) is 0 Å². The second kappa shape index (κ2) is 6.11. The summed E-state index contributed by atoms with van der Waals surface area (Å²) in [6.07, 6.45) is 4.75. The van der Waals surface area contributed by atoms with Crippen molar-refractivity contribution < 1.29 is 4.79 Å². The molecule has 3 heteroatoms. The third-order valence-electron chi connectivity index (χ3n) is 3.35. The molecular weight excluding hydrogens is 188 g/mol. The van der Waals surface area contributed by atoms with Crippen LogP contribution in [0.3, 0.4) is 0 Å². The average molecular weight is 212 g/mol. The summed E-state index contributed by atoms with van der Waals surface area (Å²) >= 11 is 0. The Bertz CT molecular complexity index is 206. The fourth-order valence-electron chi connectivity index (χ4n) is 2.55. The molecule has 1 aliphatic rings. The minimum atomic E-state index is 0.266. The van der Waals surface area contributed by atoms with Gasteiger partial charge in [0.25, 0.3) is 0 Å². The number of hydrogen-bond donors (Lipinski definition) is 1. The number of likely N-dealkylation sites (N-methyl/N-ethyl adjacent to an activating group) is 1. The summed E-state index contributed by atoms with van der Waals surface area (Å²) in [5, 5.41) is 2.95. The average Bonchev–Trinajstić information content (AvgIpc) is 2.21. The Kier molecular flexibility index (Phi) is 5.09. The van der Waals surface area contributed by atoms with E-state index in [0.29, 0.717) is 18.5 Å². The van der Waals surface area contributed by atoms with Gasteiger partial charge in [-0.3, -0.25) is 4.79 Å². The minimum absolute atomic E-state index is 0.266. The van der Waals surface area contributed by atoms with Crippen molar-refractivity contribution >= 4 is 5.91 Å². The van der Waals surface area contributed by atoms with Gasteiger partial charge in [-0.25, -0.2) is 0 Å². The molecule has 15 heavy (non-hydrogen) atoms. The molecule has 0 aromatic rings. The molecular formula is C12H24N2O. The predicted octanol–water partition coefficient (Wildman–Crippen LogP) is 1.63. The van der Waals surface area contributed by atoms with Crippen LogP contribution in [0.2, 0.25) is 0 Å². The number of carbonyl (C=O) groups is 1. The first-order valence-corrected chi connectivity index (χ1v) is 6.14. The first kappa shape index (κ1) is 12.5. The maximum atomic E-state index is 11.9. The Balaban J connectivity index is 2.61. The lowest BCUT2D eigenvalue weighted by Gasteiger charge is -2.40. The van der Waals surface area contributed by atoms with Gasteiger partial charge in [0, 0.05) is 12.6 Å². The van der Waals surface area contributed by atoms with Gasteiger partial charge in [0.1, 0.15) is 0 Å². The predicted molar refractivity (Wildman–Crippen MR) is 62.7 cm³/mol. The molecule has 0 aromatic heterocycles. The maximum Gasteiger partial charge on any atom is 0.236 e. The van der Waals surface area contributed by atoms with Crippen LogP contribution >= 0.6 is 0 Å². The molecule has 0 aromatic carbocycles. The van der Waals surface area contributed by atoms with Crippen molar-refractivity contribution in [3.8, 4) is 0 Å². The molecule has 0 aliphatic carbocycles. The second-order valence-electron chi connectivity index (χ2n) is 4.59. The molecule has 1 fully saturated rings. The highest BCUT2D eigenvalue weighted by Gasteiger charge is 2.30. The number of amides is 1. The number of nitrogens with one attached hydrogen (secondary N) is 1. The second-order valence-corrected chi connectivity index (χ2v) is 4.59. The highest BCUT2D eigenvalue weighted by molar-refractivity contribution is 5.78. The van der Waals surface area contributed by atoms with Crippen LogP contribution in [0, 0.1) is 5.92 Å². The summed E-state index contributed by atoms with van der Waals surface area (Å²) in [6.45, 7) is 5.91. The first-order chi connectivity index (χ1) is 7.20. The van der Waals surface area contributed by atoms with Crippen LogP contribution in [-0.4, -0.2) is 37.0 Å². The number of likely N-dealkylation sites (tertiary alicyclic amines) is 1. The van der Waals surface area contributed by atoms with E-state index in [0.717, 1.165) is 19.4 Å². The molecule has 0 spiro atoms. The van der Waals surface area contributed by atoms with Crippen molar-refractivity contribution in [2.45, 2.75) is 45.6 Å². The van der Waals surface area contributed by atoms with Gasteiger partial charge in [-0.15, -0.1) is 0 Å². The smallest absolute Gasteiger partial charge is 0.236 e. The van der Waals surface area contributed by atoms with E-state index in [2.05, 4.69) is 24.1 Å². The van der Waals surface area contributed by atoms with Gasteiger partial charge in [-0.2, -0.15) is 0 Å². The molecule has 0 saturated carbocycles. The molecule has 3 nitrogen and oxygen atoms in total. The first-order valence-electron chi connectivity index (χ1n) is 6.14. The van der Waals surface area contributed by atoms with E-state index >= 15 is 0 Å². The van der Waals surface area contributed by atoms with Crippen LogP contribution in [-0.2, 0) is 4.79 Å². The molecule has 88 valence electrons. The van der Waals surface area contributed by atoms with Gasteiger partial charge in [0.05, 0.1) is 6.54 Å². The van der Waals surface area contributed by atoms with Crippen molar-refractivity contribution in [3.63, 3.8) is 0 Å². The zero-order chi connectivity index (χ0) is 11.3. The minimum Gasteiger partial charge on any atom is -0.338 e. The van der Waals surface area contributed by atoms with Crippen molar-refractivity contribution in [1.82, 2.24) is 10.2 Å². The Morgan fingerprint density at radius 3 is 2.87 bits per heavy atom. The monoisotopic (exact) mass is 212 g/mol. The van der Waals surface area contributed by atoms with Crippen LogP contribution in [0.15, 0.2) is 0 Å². The number of piperidine rings is 1. The highest BCUT2D eigenvalue weighted by atomic mass is 16.2. The van der Waals surface area contributed by atoms with Gasteiger partial charge >= 0.3 is 0 Å². The summed E-state index contributed by atoms with van der Waals surface area (Å²) in [7, 11) is 1.83. The summed E-state index contributed by atoms with van der Waals surface area (Å²) in [5.41, 5.74) is 0. The summed E-state index contributed by atoms with van der Waals surface area (Å²) < 4.78 is 0. The largest absolute Gasteiger partial charge is 0.338 e. The van der Waals surface area contributed by atoms with E-state index in [1.807, 2.05) is 7.05 Å². The van der Waals surface area contributed by atoms with Crippen LogP contribution in [0.5, 0.6) is 0 Å². The van der Waals surface area contributed by atoms with Gasteiger partial charge in [0.2, 0.25) is 5.91 Å². The lowest BCUT2D eigenvalue weighted by atomic mass is 9.88. The van der Waals surface area contributed by atoms with E-state index in [1.165, 1.54) is 12.8 Å². The summed E-state index contributed by atoms with van der Waals surface area (Å²) in [6, 6.07) is 0.476. The Morgan fingerprint density at radius 1 is 1.53 bits per heavy atom. The van der Waals surface area contributed by atoms with Crippen molar-refractivity contribution in [2.24, 2.45) is 5.92 Å².